The number of aromatic nitrogens is 2. The van der Waals surface area contributed by atoms with Crippen LogP contribution in [0.15, 0.2) is 30.3 Å². The fraction of sp³-hybridized carbons (Fsp3) is 0.375. The minimum Gasteiger partial charge on any atom is -0.337 e. The van der Waals surface area contributed by atoms with Gasteiger partial charge in [0.25, 0.3) is 5.91 Å². The van der Waals surface area contributed by atoms with Crippen LogP contribution in [0.5, 0.6) is 0 Å². The molecule has 23 heavy (non-hydrogen) atoms. The van der Waals surface area contributed by atoms with Crippen LogP contribution in [0.3, 0.4) is 0 Å². The van der Waals surface area contributed by atoms with Gasteiger partial charge < -0.3 is 10.6 Å². The van der Waals surface area contributed by atoms with E-state index in [2.05, 4.69) is 10.2 Å². The van der Waals surface area contributed by atoms with Crippen LogP contribution < -0.4 is 5.73 Å². The number of H-pyrrole nitrogens is 1. The number of hydrogen-bond acceptors (Lipinski definition) is 3. The van der Waals surface area contributed by atoms with Gasteiger partial charge in [0.05, 0.1) is 10.7 Å². The van der Waals surface area contributed by atoms with Crippen LogP contribution in [0.4, 0.5) is 0 Å². The van der Waals surface area contributed by atoms with Gasteiger partial charge in [-0.25, -0.2) is 0 Å². The Hall–Kier alpha value is -1.56. The maximum absolute atomic E-state index is 12.5. The van der Waals surface area contributed by atoms with Crippen LogP contribution >= 0.6 is 24.0 Å². The number of benzene rings is 1. The van der Waals surface area contributed by atoms with Crippen LogP contribution in [0.1, 0.15) is 23.3 Å². The monoisotopic (exact) mass is 354 g/mol. The largest absolute Gasteiger partial charge is 0.337 e. The zero-order valence-electron chi connectivity index (χ0n) is 12.7. The smallest absolute Gasteiger partial charge is 0.271 e. The second-order valence-corrected chi connectivity index (χ2v) is 6.03. The van der Waals surface area contributed by atoms with E-state index in [1.54, 1.807) is 6.07 Å². The van der Waals surface area contributed by atoms with Crippen molar-refractivity contribution in [3.05, 3.63) is 41.0 Å². The zero-order chi connectivity index (χ0) is 15.5. The quantitative estimate of drug-likeness (QED) is 0.889. The second kappa shape index (κ2) is 7.81. The molecule has 0 radical (unpaired) electrons. The van der Waals surface area contributed by atoms with E-state index in [4.69, 9.17) is 17.3 Å². The summed E-state index contributed by atoms with van der Waals surface area (Å²) in [6.45, 7) is 2.20. The van der Waals surface area contributed by atoms with Gasteiger partial charge in [0, 0.05) is 18.7 Å². The predicted molar refractivity (Wildman–Crippen MR) is 94.0 cm³/mol. The summed E-state index contributed by atoms with van der Waals surface area (Å²) in [5.41, 5.74) is 7.69. The molecule has 2 heterocycles. The molecule has 1 fully saturated rings. The van der Waals surface area contributed by atoms with Gasteiger partial charge in [0.15, 0.2) is 0 Å². The van der Waals surface area contributed by atoms with Gasteiger partial charge in [-0.15, -0.1) is 12.4 Å². The normalized spacial score (nSPS) is 15.3. The van der Waals surface area contributed by atoms with Crippen molar-refractivity contribution in [2.75, 3.05) is 19.6 Å². The molecule has 1 amide bonds. The van der Waals surface area contributed by atoms with Crippen LogP contribution in [0.25, 0.3) is 11.3 Å². The van der Waals surface area contributed by atoms with Gasteiger partial charge in [0.1, 0.15) is 5.69 Å². The molecular formula is C16H20Cl2N4O. The number of nitrogens with two attached hydrogens (primary N) is 1. The first-order chi connectivity index (χ1) is 10.7. The first kappa shape index (κ1) is 17.8. The molecule has 124 valence electrons. The predicted octanol–water partition coefficient (Wildman–Crippen LogP) is 2.96. The van der Waals surface area contributed by atoms with Crippen LogP contribution in [-0.4, -0.2) is 40.6 Å². The third-order valence-corrected chi connectivity index (χ3v) is 4.52. The summed E-state index contributed by atoms with van der Waals surface area (Å²) in [5.74, 6) is 0.519. The first-order valence-corrected chi connectivity index (χ1v) is 7.86. The summed E-state index contributed by atoms with van der Waals surface area (Å²) in [7, 11) is 0. The van der Waals surface area contributed by atoms with E-state index in [0.717, 1.165) is 31.5 Å². The number of piperidine rings is 1. The molecule has 2 aromatic rings. The van der Waals surface area contributed by atoms with Gasteiger partial charge in [-0.3, -0.25) is 9.89 Å². The Kier molecular flexibility index (Phi) is 6.04. The molecule has 7 heteroatoms. The van der Waals surface area contributed by atoms with E-state index in [0.29, 0.717) is 28.9 Å². The zero-order valence-corrected chi connectivity index (χ0v) is 14.2. The minimum absolute atomic E-state index is 0. The number of rotatable bonds is 3. The van der Waals surface area contributed by atoms with Gasteiger partial charge >= 0.3 is 0 Å². The van der Waals surface area contributed by atoms with Gasteiger partial charge in [0.2, 0.25) is 0 Å². The van der Waals surface area contributed by atoms with Crippen molar-refractivity contribution < 1.29 is 4.79 Å². The van der Waals surface area contributed by atoms with Gasteiger partial charge in [-0.1, -0.05) is 29.8 Å². The maximum Gasteiger partial charge on any atom is 0.271 e. The number of hydrogen-bond donors (Lipinski definition) is 2. The fourth-order valence-electron chi connectivity index (χ4n) is 2.78. The number of nitrogens with zero attached hydrogens (tertiary/aromatic N) is 2. The maximum atomic E-state index is 12.5. The SMILES string of the molecule is Cl.NCC1CCN(C(=O)c2cc(-c3ccccc3Cl)n[nH]2)CC1. The minimum atomic E-state index is -0.0127. The van der Waals surface area contributed by atoms with Crippen molar-refractivity contribution in [3.8, 4) is 11.3 Å². The highest BCUT2D eigenvalue weighted by molar-refractivity contribution is 6.33. The summed E-state index contributed by atoms with van der Waals surface area (Å²) < 4.78 is 0. The molecule has 0 atom stereocenters. The van der Waals surface area contributed by atoms with Crippen molar-refractivity contribution in [3.63, 3.8) is 0 Å². The lowest BCUT2D eigenvalue weighted by molar-refractivity contribution is 0.0687. The second-order valence-electron chi connectivity index (χ2n) is 5.62. The molecule has 0 unspecified atom stereocenters. The van der Waals surface area contributed by atoms with Crippen molar-refractivity contribution in [2.24, 2.45) is 11.7 Å². The third kappa shape index (κ3) is 3.86. The summed E-state index contributed by atoms with van der Waals surface area (Å²) in [4.78, 5) is 14.4. The molecule has 3 rings (SSSR count). The number of carbonyl (C=O) groups excluding carboxylic acids is 1. The highest BCUT2D eigenvalue weighted by atomic mass is 35.5. The number of carbonyl (C=O) groups is 1. The number of halogens is 2. The van der Waals surface area contributed by atoms with E-state index in [1.165, 1.54) is 0 Å². The van der Waals surface area contributed by atoms with Crippen LogP contribution in [-0.2, 0) is 0 Å². The molecule has 1 saturated heterocycles. The highest BCUT2D eigenvalue weighted by Crippen LogP contribution is 2.26. The molecular weight excluding hydrogens is 335 g/mol. The Labute approximate surface area is 146 Å². The molecule has 1 aromatic heterocycles. The number of aromatic amines is 1. The fourth-order valence-corrected chi connectivity index (χ4v) is 3.01. The molecule has 5 nitrogen and oxygen atoms in total. The van der Waals surface area contributed by atoms with Gasteiger partial charge in [-0.05, 0) is 37.4 Å². The van der Waals surface area contributed by atoms with Crippen molar-refractivity contribution in [1.82, 2.24) is 15.1 Å². The molecule has 0 saturated carbocycles. The summed E-state index contributed by atoms with van der Waals surface area (Å²) >= 11 is 6.17. The first-order valence-electron chi connectivity index (χ1n) is 7.48. The van der Waals surface area contributed by atoms with Crippen molar-refractivity contribution in [2.45, 2.75) is 12.8 Å². The van der Waals surface area contributed by atoms with Gasteiger partial charge in [-0.2, -0.15) is 5.10 Å². The topological polar surface area (TPSA) is 75.0 Å². The molecule has 1 aromatic carbocycles. The lowest BCUT2D eigenvalue weighted by Gasteiger charge is -2.30. The average molecular weight is 355 g/mol. The molecule has 3 N–H and O–H groups in total. The standard InChI is InChI=1S/C16H19ClN4O.ClH/c17-13-4-2-1-3-12(13)14-9-15(20-19-14)16(22)21-7-5-11(10-18)6-8-21;/h1-4,9,11H,5-8,10,18H2,(H,19,20);1H. The number of nitrogens with one attached hydrogen (secondary N) is 1. The van der Waals surface area contributed by atoms with E-state index in [-0.39, 0.29) is 18.3 Å². The lowest BCUT2D eigenvalue weighted by Crippen LogP contribution is -2.40. The van der Waals surface area contributed by atoms with Crippen molar-refractivity contribution in [1.29, 1.82) is 0 Å². The summed E-state index contributed by atoms with van der Waals surface area (Å²) in [6.07, 6.45) is 1.93. The Bertz CT molecular complexity index is 666. The van der Waals surface area contributed by atoms with E-state index in [9.17, 15) is 4.79 Å². The lowest BCUT2D eigenvalue weighted by atomic mass is 9.97. The van der Waals surface area contributed by atoms with E-state index < -0.39 is 0 Å². The van der Waals surface area contributed by atoms with E-state index in [1.807, 2.05) is 29.2 Å². The molecule has 0 aliphatic carbocycles. The Morgan fingerprint density at radius 3 is 2.70 bits per heavy atom. The number of likely N-dealkylation sites (tertiary alicyclic amines) is 1. The van der Waals surface area contributed by atoms with Crippen molar-refractivity contribution >= 4 is 29.9 Å². The Morgan fingerprint density at radius 1 is 1.35 bits per heavy atom. The average Bonchev–Trinajstić information content (AvgIpc) is 3.04. The van der Waals surface area contributed by atoms with E-state index >= 15 is 0 Å². The summed E-state index contributed by atoms with van der Waals surface area (Å²) in [5, 5.41) is 7.67. The Balaban J connectivity index is 0.00000192. The van der Waals surface area contributed by atoms with Crippen LogP contribution in [0.2, 0.25) is 5.02 Å². The molecule has 0 spiro atoms. The highest BCUT2D eigenvalue weighted by Gasteiger charge is 2.24. The summed E-state index contributed by atoms with van der Waals surface area (Å²) in [6, 6.07) is 9.23. The Morgan fingerprint density at radius 2 is 2.04 bits per heavy atom. The molecule has 1 aliphatic heterocycles. The van der Waals surface area contributed by atoms with Crippen LogP contribution in [0, 0.1) is 5.92 Å². The third-order valence-electron chi connectivity index (χ3n) is 4.19. The number of amides is 1. The molecule has 0 bridgehead atoms. The molecule has 1 aliphatic rings.